The molecular formula is C11H17N3O4. The van der Waals surface area contributed by atoms with Crippen molar-refractivity contribution >= 4 is 11.9 Å². The zero-order valence-electron chi connectivity index (χ0n) is 10.6. The van der Waals surface area contributed by atoms with Gasteiger partial charge in [0, 0.05) is 12.1 Å². The number of carbonyl (C=O) groups excluding carboxylic acids is 1. The number of nitrogens with one attached hydrogen (secondary N) is 1. The second-order valence-corrected chi connectivity index (χ2v) is 4.35. The molecule has 0 saturated carbocycles. The van der Waals surface area contributed by atoms with Gasteiger partial charge in [-0.1, -0.05) is 5.16 Å². The van der Waals surface area contributed by atoms with Gasteiger partial charge in [-0.3, -0.25) is 4.79 Å². The van der Waals surface area contributed by atoms with Gasteiger partial charge >= 0.3 is 5.97 Å². The van der Waals surface area contributed by atoms with Crippen LogP contribution in [0, 0.1) is 0 Å². The molecule has 1 aromatic heterocycles. The van der Waals surface area contributed by atoms with Crippen LogP contribution in [0.2, 0.25) is 0 Å². The molecule has 18 heavy (non-hydrogen) atoms. The molecular weight excluding hydrogens is 238 g/mol. The molecule has 0 aromatic carbocycles. The van der Waals surface area contributed by atoms with Crippen LogP contribution in [0.5, 0.6) is 0 Å². The first kappa shape index (κ1) is 14.2. The maximum Gasteiger partial charge on any atom is 0.374 e. The van der Waals surface area contributed by atoms with Crippen molar-refractivity contribution in [3.8, 4) is 0 Å². The van der Waals surface area contributed by atoms with E-state index in [1.165, 1.54) is 0 Å². The molecule has 0 bridgehead atoms. The number of carbonyl (C=O) groups is 2. The Morgan fingerprint density at radius 3 is 2.72 bits per heavy atom. The molecule has 0 spiro atoms. The number of hydrogen-bond donors (Lipinski definition) is 2. The van der Waals surface area contributed by atoms with Gasteiger partial charge in [0.1, 0.15) is 0 Å². The first-order valence-corrected chi connectivity index (χ1v) is 5.55. The largest absolute Gasteiger partial charge is 0.475 e. The van der Waals surface area contributed by atoms with E-state index in [9.17, 15) is 9.59 Å². The Kier molecular flexibility index (Phi) is 4.85. The maximum absolute atomic E-state index is 11.7. The highest BCUT2D eigenvalue weighted by Crippen LogP contribution is 2.04. The van der Waals surface area contributed by atoms with Gasteiger partial charge in [0.15, 0.2) is 5.69 Å². The molecule has 1 amide bonds. The van der Waals surface area contributed by atoms with E-state index in [1.807, 2.05) is 25.9 Å². The molecule has 0 aliphatic carbocycles. The van der Waals surface area contributed by atoms with Crippen molar-refractivity contribution in [2.24, 2.45) is 0 Å². The third-order valence-electron chi connectivity index (χ3n) is 2.34. The van der Waals surface area contributed by atoms with Crippen LogP contribution in [0.1, 0.15) is 34.4 Å². The van der Waals surface area contributed by atoms with Crippen molar-refractivity contribution in [2.45, 2.75) is 19.4 Å². The summed E-state index contributed by atoms with van der Waals surface area (Å²) < 4.78 is 4.51. The van der Waals surface area contributed by atoms with Crippen LogP contribution in [0.4, 0.5) is 0 Å². The lowest BCUT2D eigenvalue weighted by Gasteiger charge is -2.15. The van der Waals surface area contributed by atoms with Crippen molar-refractivity contribution in [1.82, 2.24) is 15.4 Å². The van der Waals surface area contributed by atoms with Gasteiger partial charge in [0.2, 0.25) is 5.76 Å². The lowest BCUT2D eigenvalue weighted by atomic mass is 10.2. The summed E-state index contributed by atoms with van der Waals surface area (Å²) >= 11 is 0. The molecule has 1 unspecified atom stereocenters. The molecule has 7 nitrogen and oxygen atoms in total. The quantitative estimate of drug-likeness (QED) is 0.766. The van der Waals surface area contributed by atoms with E-state index >= 15 is 0 Å². The smallest absolute Gasteiger partial charge is 0.374 e. The van der Waals surface area contributed by atoms with Gasteiger partial charge < -0.3 is 19.8 Å². The molecule has 1 aromatic rings. The van der Waals surface area contributed by atoms with Crippen molar-refractivity contribution in [1.29, 1.82) is 0 Å². The predicted octanol–water partition coefficient (Wildman–Crippen LogP) is 0.443. The molecule has 1 rings (SSSR count). The molecule has 1 heterocycles. The summed E-state index contributed by atoms with van der Waals surface area (Å²) in [7, 11) is 3.90. The monoisotopic (exact) mass is 255 g/mol. The van der Waals surface area contributed by atoms with Crippen LogP contribution in [0.25, 0.3) is 0 Å². The minimum atomic E-state index is -1.25. The average molecular weight is 255 g/mol. The van der Waals surface area contributed by atoms with Gasteiger partial charge in [-0.2, -0.15) is 0 Å². The summed E-state index contributed by atoms with van der Waals surface area (Å²) in [5, 5.41) is 14.8. The second-order valence-electron chi connectivity index (χ2n) is 4.35. The summed E-state index contributed by atoms with van der Waals surface area (Å²) in [5.41, 5.74) is -0.0240. The summed E-state index contributed by atoms with van der Waals surface area (Å²) in [5.74, 6) is -2.03. The van der Waals surface area contributed by atoms with Crippen LogP contribution >= 0.6 is 0 Å². The van der Waals surface area contributed by atoms with E-state index in [2.05, 4.69) is 15.0 Å². The molecule has 100 valence electrons. The average Bonchev–Trinajstić information content (AvgIpc) is 2.75. The summed E-state index contributed by atoms with van der Waals surface area (Å²) in [6.45, 7) is 2.72. The fourth-order valence-electron chi connectivity index (χ4n) is 1.30. The van der Waals surface area contributed by atoms with Gasteiger partial charge in [-0.15, -0.1) is 0 Å². The molecule has 0 saturated heterocycles. The van der Waals surface area contributed by atoms with Crippen LogP contribution < -0.4 is 5.32 Å². The Bertz CT molecular complexity index is 428. The highest BCUT2D eigenvalue weighted by molar-refractivity contribution is 5.94. The number of amides is 1. The zero-order chi connectivity index (χ0) is 13.7. The lowest BCUT2D eigenvalue weighted by molar-refractivity contribution is 0.0651. The van der Waals surface area contributed by atoms with Crippen molar-refractivity contribution in [3.05, 3.63) is 17.5 Å². The van der Waals surface area contributed by atoms with Gasteiger partial charge in [0.25, 0.3) is 5.91 Å². The summed E-state index contributed by atoms with van der Waals surface area (Å²) in [4.78, 5) is 24.3. The molecule has 0 aliphatic heterocycles. The number of hydrogen-bond acceptors (Lipinski definition) is 5. The van der Waals surface area contributed by atoms with Crippen molar-refractivity contribution < 1.29 is 19.2 Å². The van der Waals surface area contributed by atoms with Crippen molar-refractivity contribution in [3.63, 3.8) is 0 Å². The zero-order valence-corrected chi connectivity index (χ0v) is 10.6. The summed E-state index contributed by atoms with van der Waals surface area (Å²) in [6, 6.07) is 1.08. The van der Waals surface area contributed by atoms with E-state index in [0.29, 0.717) is 0 Å². The molecule has 0 radical (unpaired) electrons. The van der Waals surface area contributed by atoms with E-state index in [1.54, 1.807) is 0 Å². The Morgan fingerprint density at radius 1 is 1.56 bits per heavy atom. The lowest BCUT2D eigenvalue weighted by Crippen LogP contribution is -2.34. The fourth-order valence-corrected chi connectivity index (χ4v) is 1.30. The number of aromatic carboxylic acids is 1. The van der Waals surface area contributed by atoms with Crippen LogP contribution in [-0.2, 0) is 0 Å². The number of nitrogens with zero attached hydrogens (tertiary/aromatic N) is 2. The first-order chi connectivity index (χ1) is 8.40. The van der Waals surface area contributed by atoms with Crippen LogP contribution in [-0.4, -0.2) is 53.7 Å². The molecule has 2 N–H and O–H groups in total. The first-order valence-electron chi connectivity index (χ1n) is 5.55. The van der Waals surface area contributed by atoms with E-state index in [0.717, 1.165) is 19.0 Å². The van der Waals surface area contributed by atoms with Gasteiger partial charge in [-0.05, 0) is 34.0 Å². The number of carboxylic acid groups (broad SMARTS) is 1. The Labute approximate surface area is 105 Å². The fraction of sp³-hybridized carbons (Fsp3) is 0.545. The van der Waals surface area contributed by atoms with Crippen molar-refractivity contribution in [2.75, 3.05) is 20.6 Å². The van der Waals surface area contributed by atoms with E-state index in [4.69, 9.17) is 5.11 Å². The maximum atomic E-state index is 11.7. The molecule has 0 aliphatic rings. The number of rotatable bonds is 6. The van der Waals surface area contributed by atoms with Crippen LogP contribution in [0.15, 0.2) is 10.6 Å². The SMILES string of the molecule is CC(CCN(C)C)NC(=O)c1cc(C(=O)O)on1. The molecule has 0 fully saturated rings. The summed E-state index contributed by atoms with van der Waals surface area (Å²) in [6.07, 6.45) is 0.794. The predicted molar refractivity (Wildman–Crippen MR) is 63.6 cm³/mol. The Hall–Kier alpha value is -1.89. The van der Waals surface area contributed by atoms with Gasteiger partial charge in [0.05, 0.1) is 0 Å². The molecule has 7 heteroatoms. The Balaban J connectivity index is 2.51. The normalized spacial score (nSPS) is 12.4. The topological polar surface area (TPSA) is 95.7 Å². The van der Waals surface area contributed by atoms with Gasteiger partial charge in [-0.25, -0.2) is 4.79 Å². The van der Waals surface area contributed by atoms with E-state index < -0.39 is 11.9 Å². The second kappa shape index (κ2) is 6.15. The highest BCUT2D eigenvalue weighted by Gasteiger charge is 2.17. The third kappa shape index (κ3) is 4.17. The number of carboxylic acids is 1. The standard InChI is InChI=1S/C11H17N3O4/c1-7(4-5-14(2)3)12-10(15)8-6-9(11(16)17)18-13-8/h6-7H,4-5H2,1-3H3,(H,12,15)(H,16,17). The van der Waals surface area contributed by atoms with Crippen LogP contribution in [0.3, 0.4) is 0 Å². The highest BCUT2D eigenvalue weighted by atomic mass is 16.5. The minimum Gasteiger partial charge on any atom is -0.475 e. The minimum absolute atomic E-state index is 0.0233. The third-order valence-corrected chi connectivity index (χ3v) is 2.34. The molecule has 1 atom stereocenters. The van der Waals surface area contributed by atoms with E-state index in [-0.39, 0.29) is 17.5 Å². The Morgan fingerprint density at radius 2 is 2.22 bits per heavy atom. The number of aromatic nitrogens is 1.